The second kappa shape index (κ2) is 4.10. The summed E-state index contributed by atoms with van der Waals surface area (Å²) >= 11 is 6.48. The number of aryl methyl sites for hydroxylation is 1. The maximum atomic E-state index is 11.8. The molecular formula is C10H13N3OS2. The van der Waals surface area contributed by atoms with Crippen LogP contribution in [-0.4, -0.2) is 15.9 Å². The molecule has 0 aliphatic heterocycles. The average Bonchev–Trinajstić information content (AvgIpc) is 2.95. The highest BCUT2D eigenvalue weighted by atomic mass is 32.1. The van der Waals surface area contributed by atoms with Crippen LogP contribution in [0.5, 0.6) is 0 Å². The number of carbonyl (C=O) groups is 1. The molecule has 3 N–H and O–H groups in total. The average molecular weight is 255 g/mol. The Morgan fingerprint density at radius 2 is 2.44 bits per heavy atom. The van der Waals surface area contributed by atoms with Crippen molar-refractivity contribution in [1.29, 1.82) is 0 Å². The summed E-state index contributed by atoms with van der Waals surface area (Å²) < 4.78 is 0. The van der Waals surface area contributed by atoms with E-state index in [1.807, 2.05) is 12.3 Å². The molecule has 0 unspecified atom stereocenters. The van der Waals surface area contributed by atoms with Crippen LogP contribution < -0.4 is 11.1 Å². The van der Waals surface area contributed by atoms with Gasteiger partial charge in [-0.1, -0.05) is 12.2 Å². The summed E-state index contributed by atoms with van der Waals surface area (Å²) in [7, 11) is 0. The lowest BCUT2D eigenvalue weighted by molar-refractivity contribution is -0.124. The lowest BCUT2D eigenvalue weighted by Crippen LogP contribution is -2.39. The first-order valence-electron chi connectivity index (χ1n) is 5.04. The van der Waals surface area contributed by atoms with E-state index in [1.165, 1.54) is 0 Å². The van der Waals surface area contributed by atoms with E-state index in [9.17, 15) is 4.79 Å². The highest BCUT2D eigenvalue weighted by Gasteiger charge is 2.52. The van der Waals surface area contributed by atoms with Gasteiger partial charge in [-0.25, -0.2) is 4.98 Å². The van der Waals surface area contributed by atoms with Crippen LogP contribution >= 0.6 is 23.6 Å². The number of hydrogen-bond acceptors (Lipinski definition) is 4. The van der Waals surface area contributed by atoms with Crippen molar-refractivity contribution in [2.24, 2.45) is 11.1 Å². The van der Waals surface area contributed by atoms with Gasteiger partial charge < -0.3 is 11.1 Å². The monoisotopic (exact) mass is 255 g/mol. The zero-order valence-corrected chi connectivity index (χ0v) is 10.6. The summed E-state index contributed by atoms with van der Waals surface area (Å²) in [6, 6.07) is 0. The van der Waals surface area contributed by atoms with Crippen molar-refractivity contribution < 1.29 is 4.79 Å². The van der Waals surface area contributed by atoms with Crippen molar-refractivity contribution in [2.45, 2.75) is 26.3 Å². The van der Waals surface area contributed by atoms with Crippen molar-refractivity contribution in [3.8, 4) is 0 Å². The highest BCUT2D eigenvalue weighted by Crippen LogP contribution is 2.46. The molecule has 0 saturated heterocycles. The lowest BCUT2D eigenvalue weighted by Gasteiger charge is -2.12. The van der Waals surface area contributed by atoms with Crippen molar-refractivity contribution in [3.05, 3.63) is 16.1 Å². The molecule has 0 spiro atoms. The molecule has 0 radical (unpaired) electrons. The summed E-state index contributed by atoms with van der Waals surface area (Å²) in [5, 5.41) is 5.77. The third-order valence-electron chi connectivity index (χ3n) is 2.75. The van der Waals surface area contributed by atoms with Crippen LogP contribution in [0, 0.1) is 12.3 Å². The van der Waals surface area contributed by atoms with E-state index in [-0.39, 0.29) is 5.91 Å². The van der Waals surface area contributed by atoms with Gasteiger partial charge in [-0.05, 0) is 19.8 Å². The molecule has 2 rings (SSSR count). The lowest BCUT2D eigenvalue weighted by atomic mass is 10.1. The number of nitrogens with one attached hydrogen (secondary N) is 1. The maximum Gasteiger partial charge on any atom is 0.233 e. The minimum Gasteiger partial charge on any atom is -0.392 e. The topological polar surface area (TPSA) is 68.0 Å². The van der Waals surface area contributed by atoms with E-state index < -0.39 is 5.41 Å². The Morgan fingerprint density at radius 1 is 1.75 bits per heavy atom. The summed E-state index contributed by atoms with van der Waals surface area (Å²) in [6.45, 7) is 2.39. The number of rotatable bonds is 4. The van der Waals surface area contributed by atoms with Gasteiger partial charge in [0.15, 0.2) is 0 Å². The van der Waals surface area contributed by atoms with Gasteiger partial charge in [0.25, 0.3) is 0 Å². The normalized spacial score (nSPS) is 16.8. The molecule has 1 aromatic heterocycles. The van der Waals surface area contributed by atoms with Crippen molar-refractivity contribution in [1.82, 2.24) is 10.3 Å². The third kappa shape index (κ3) is 2.08. The van der Waals surface area contributed by atoms with E-state index >= 15 is 0 Å². The maximum absolute atomic E-state index is 11.8. The molecule has 1 aliphatic rings. The quantitative estimate of drug-likeness (QED) is 0.792. The molecule has 86 valence electrons. The Hall–Kier alpha value is -1.01. The first kappa shape index (κ1) is 11.5. The van der Waals surface area contributed by atoms with E-state index in [0.29, 0.717) is 11.5 Å². The second-order valence-electron chi connectivity index (χ2n) is 3.99. The fourth-order valence-electron chi connectivity index (χ4n) is 1.54. The highest BCUT2D eigenvalue weighted by molar-refractivity contribution is 7.80. The number of hydrogen-bond donors (Lipinski definition) is 2. The van der Waals surface area contributed by atoms with Gasteiger partial charge in [0, 0.05) is 5.38 Å². The van der Waals surface area contributed by atoms with Gasteiger partial charge in [-0.2, -0.15) is 0 Å². The Balaban J connectivity index is 1.92. The molecule has 1 fully saturated rings. The largest absolute Gasteiger partial charge is 0.392 e. The Morgan fingerprint density at radius 3 is 2.88 bits per heavy atom. The molecule has 1 aromatic rings. The molecule has 6 heteroatoms. The van der Waals surface area contributed by atoms with Gasteiger partial charge in [-0.3, -0.25) is 4.79 Å². The zero-order valence-electron chi connectivity index (χ0n) is 8.95. The third-order valence-corrected chi connectivity index (χ3v) is 3.97. The number of nitrogens with zero attached hydrogens (tertiary/aromatic N) is 1. The Kier molecular flexibility index (Phi) is 2.94. The van der Waals surface area contributed by atoms with Crippen LogP contribution in [0.2, 0.25) is 0 Å². The minimum atomic E-state index is -0.569. The standard InChI is InChI=1S/C10H13N3OS2/c1-6-13-7(5-16-6)4-12-9(14)10(2-3-10)8(11)15/h5H,2-4H2,1H3,(H2,11,15)(H,12,14). The molecule has 1 heterocycles. The summed E-state index contributed by atoms with van der Waals surface area (Å²) in [6.07, 6.45) is 1.54. The van der Waals surface area contributed by atoms with Crippen LogP contribution in [0.15, 0.2) is 5.38 Å². The fraction of sp³-hybridized carbons (Fsp3) is 0.500. The number of nitrogens with two attached hydrogens (primary N) is 1. The summed E-state index contributed by atoms with van der Waals surface area (Å²) in [5.41, 5.74) is 5.88. The summed E-state index contributed by atoms with van der Waals surface area (Å²) in [5.74, 6) is -0.0642. The molecule has 0 bridgehead atoms. The molecule has 1 aliphatic carbocycles. The van der Waals surface area contributed by atoms with Crippen LogP contribution in [-0.2, 0) is 11.3 Å². The SMILES string of the molecule is Cc1nc(CNC(=O)C2(C(N)=S)CC2)cs1. The van der Waals surface area contributed by atoms with Crippen LogP contribution in [0.4, 0.5) is 0 Å². The van der Waals surface area contributed by atoms with Crippen molar-refractivity contribution >= 4 is 34.5 Å². The number of carbonyl (C=O) groups excluding carboxylic acids is 1. The molecule has 16 heavy (non-hydrogen) atoms. The van der Waals surface area contributed by atoms with E-state index in [2.05, 4.69) is 10.3 Å². The molecule has 1 amide bonds. The number of aromatic nitrogens is 1. The Bertz CT molecular complexity index is 437. The van der Waals surface area contributed by atoms with Gasteiger partial charge in [-0.15, -0.1) is 11.3 Å². The first-order chi connectivity index (χ1) is 7.54. The minimum absolute atomic E-state index is 0.0642. The van der Waals surface area contributed by atoms with Gasteiger partial charge >= 0.3 is 0 Å². The second-order valence-corrected chi connectivity index (χ2v) is 5.49. The molecular weight excluding hydrogens is 242 g/mol. The van der Waals surface area contributed by atoms with E-state index in [0.717, 1.165) is 23.5 Å². The van der Waals surface area contributed by atoms with Gasteiger partial charge in [0.1, 0.15) is 0 Å². The van der Waals surface area contributed by atoms with E-state index in [1.54, 1.807) is 11.3 Å². The van der Waals surface area contributed by atoms with Crippen LogP contribution in [0.3, 0.4) is 0 Å². The number of amides is 1. The summed E-state index contributed by atoms with van der Waals surface area (Å²) in [4.78, 5) is 16.4. The van der Waals surface area contributed by atoms with E-state index in [4.69, 9.17) is 18.0 Å². The zero-order chi connectivity index (χ0) is 11.8. The van der Waals surface area contributed by atoms with Crippen LogP contribution in [0.25, 0.3) is 0 Å². The fourth-order valence-corrected chi connectivity index (χ4v) is 2.45. The number of thiazole rings is 1. The smallest absolute Gasteiger partial charge is 0.233 e. The molecule has 0 aromatic carbocycles. The van der Waals surface area contributed by atoms with Gasteiger partial charge in [0.05, 0.1) is 27.6 Å². The van der Waals surface area contributed by atoms with Crippen molar-refractivity contribution in [2.75, 3.05) is 0 Å². The predicted molar refractivity (Wildman–Crippen MR) is 67.2 cm³/mol. The predicted octanol–water partition coefficient (Wildman–Crippen LogP) is 1.13. The molecule has 4 nitrogen and oxygen atoms in total. The molecule has 0 atom stereocenters. The molecule has 1 saturated carbocycles. The van der Waals surface area contributed by atoms with Gasteiger partial charge in [0.2, 0.25) is 5.91 Å². The Labute approximate surface area is 103 Å². The number of thiocarbonyl (C=S) groups is 1. The first-order valence-corrected chi connectivity index (χ1v) is 6.32. The van der Waals surface area contributed by atoms with Crippen molar-refractivity contribution in [3.63, 3.8) is 0 Å². The van der Waals surface area contributed by atoms with Crippen LogP contribution in [0.1, 0.15) is 23.5 Å².